The van der Waals surface area contributed by atoms with Crippen LogP contribution >= 0.6 is 0 Å². The van der Waals surface area contributed by atoms with Crippen molar-refractivity contribution in [3.8, 4) is 0 Å². The third-order valence-electron chi connectivity index (χ3n) is 4.21. The number of nitrogens with zero attached hydrogens (tertiary/aromatic N) is 1. The predicted octanol–water partition coefficient (Wildman–Crippen LogP) is 1.77. The third kappa shape index (κ3) is 1.70. The van der Waals surface area contributed by atoms with Crippen molar-refractivity contribution in [3.05, 3.63) is 35.2 Å². The SMILES string of the molecule is Cn1c2c(c3cc(B4OCCO4)ccc31)CCC(O)=C2. The van der Waals surface area contributed by atoms with Gasteiger partial charge in [0.15, 0.2) is 0 Å². The number of allylic oxidation sites excluding steroid dienone is 1. The summed E-state index contributed by atoms with van der Waals surface area (Å²) < 4.78 is 13.3. The molecule has 0 spiro atoms. The summed E-state index contributed by atoms with van der Waals surface area (Å²) in [4.78, 5) is 0. The summed E-state index contributed by atoms with van der Waals surface area (Å²) in [5.41, 5.74) is 4.67. The minimum Gasteiger partial charge on any atom is -0.512 e. The Balaban J connectivity index is 1.90. The molecule has 0 atom stereocenters. The first-order chi connectivity index (χ1) is 9.74. The van der Waals surface area contributed by atoms with E-state index in [0.29, 0.717) is 25.4 Å². The molecule has 2 aliphatic rings. The third-order valence-corrected chi connectivity index (χ3v) is 4.21. The van der Waals surface area contributed by atoms with E-state index in [1.165, 1.54) is 16.5 Å². The minimum absolute atomic E-state index is 0.234. The smallest absolute Gasteiger partial charge is 0.494 e. The first-order valence-corrected chi connectivity index (χ1v) is 6.98. The lowest BCUT2D eigenvalue weighted by Gasteiger charge is -2.10. The van der Waals surface area contributed by atoms with E-state index < -0.39 is 0 Å². The average molecular weight is 269 g/mol. The second-order valence-corrected chi connectivity index (χ2v) is 5.41. The van der Waals surface area contributed by atoms with Crippen molar-refractivity contribution in [2.45, 2.75) is 12.8 Å². The molecule has 0 amide bonds. The standard InChI is InChI=1S/C15H16BNO3/c1-17-14-5-2-10(16-19-6-7-20-16)8-13(14)12-4-3-11(18)9-15(12)17/h2,5,8-9,18H,3-4,6-7H2,1H3. The Morgan fingerprint density at radius 2 is 2.00 bits per heavy atom. The normalized spacial score (nSPS) is 18.4. The Kier molecular flexibility index (Phi) is 2.65. The summed E-state index contributed by atoms with van der Waals surface area (Å²) in [7, 11) is 1.81. The van der Waals surface area contributed by atoms with Crippen molar-refractivity contribution in [1.29, 1.82) is 0 Å². The van der Waals surface area contributed by atoms with E-state index in [4.69, 9.17) is 9.31 Å². The molecule has 2 heterocycles. The molecule has 0 unspecified atom stereocenters. The molecule has 4 nitrogen and oxygen atoms in total. The van der Waals surface area contributed by atoms with Gasteiger partial charge in [0.2, 0.25) is 0 Å². The van der Waals surface area contributed by atoms with Gasteiger partial charge >= 0.3 is 7.12 Å². The van der Waals surface area contributed by atoms with Crippen molar-refractivity contribution >= 4 is 29.6 Å². The van der Waals surface area contributed by atoms with Gasteiger partial charge in [0, 0.05) is 30.1 Å². The zero-order chi connectivity index (χ0) is 13.7. The van der Waals surface area contributed by atoms with Crippen LogP contribution in [0.4, 0.5) is 0 Å². The number of rotatable bonds is 1. The topological polar surface area (TPSA) is 43.6 Å². The Morgan fingerprint density at radius 1 is 1.20 bits per heavy atom. The Hall–Kier alpha value is -1.72. The van der Waals surface area contributed by atoms with Crippen molar-refractivity contribution in [1.82, 2.24) is 4.57 Å². The highest BCUT2D eigenvalue weighted by molar-refractivity contribution is 6.62. The summed E-state index contributed by atoms with van der Waals surface area (Å²) in [6.07, 6.45) is 3.47. The lowest BCUT2D eigenvalue weighted by Crippen LogP contribution is -2.31. The fourth-order valence-corrected chi connectivity index (χ4v) is 3.19. The largest absolute Gasteiger partial charge is 0.512 e. The van der Waals surface area contributed by atoms with Crippen LogP contribution in [0.5, 0.6) is 0 Å². The number of hydrogen-bond acceptors (Lipinski definition) is 3. The van der Waals surface area contributed by atoms with Gasteiger partial charge in [-0.2, -0.15) is 0 Å². The lowest BCUT2D eigenvalue weighted by molar-refractivity contribution is 0.365. The molecule has 1 saturated heterocycles. The molecule has 0 bridgehead atoms. The van der Waals surface area contributed by atoms with E-state index in [2.05, 4.69) is 22.8 Å². The molecule has 1 N–H and O–H groups in total. The average Bonchev–Trinajstić information content (AvgIpc) is 3.07. The molecule has 0 saturated carbocycles. The summed E-state index contributed by atoms with van der Waals surface area (Å²) in [6, 6.07) is 6.34. The van der Waals surface area contributed by atoms with E-state index in [0.717, 1.165) is 17.6 Å². The van der Waals surface area contributed by atoms with Crippen LogP contribution in [0.3, 0.4) is 0 Å². The molecule has 20 heavy (non-hydrogen) atoms. The highest BCUT2D eigenvalue weighted by Gasteiger charge is 2.27. The summed E-state index contributed by atoms with van der Waals surface area (Å²) >= 11 is 0. The van der Waals surface area contributed by atoms with Crippen molar-refractivity contribution < 1.29 is 14.4 Å². The molecular weight excluding hydrogens is 253 g/mol. The zero-order valence-corrected chi connectivity index (χ0v) is 11.4. The van der Waals surface area contributed by atoms with E-state index >= 15 is 0 Å². The monoisotopic (exact) mass is 269 g/mol. The Labute approximate surface area is 117 Å². The summed E-state index contributed by atoms with van der Waals surface area (Å²) in [5, 5.41) is 11.0. The number of aliphatic hydroxyl groups excluding tert-OH is 1. The molecule has 4 rings (SSSR count). The van der Waals surface area contributed by atoms with Crippen LogP contribution in [-0.4, -0.2) is 30.0 Å². The summed E-state index contributed by atoms with van der Waals surface area (Å²) in [6.45, 7) is 1.32. The number of hydrogen-bond donors (Lipinski definition) is 1. The van der Waals surface area contributed by atoms with Crippen molar-refractivity contribution in [2.24, 2.45) is 7.05 Å². The molecule has 1 aromatic carbocycles. The van der Waals surface area contributed by atoms with Crippen LogP contribution in [0.2, 0.25) is 0 Å². The van der Waals surface area contributed by atoms with Gasteiger partial charge in [0.05, 0.1) is 19.0 Å². The molecule has 1 aliphatic carbocycles. The van der Waals surface area contributed by atoms with Crippen LogP contribution in [0.15, 0.2) is 24.0 Å². The van der Waals surface area contributed by atoms with E-state index in [1.54, 1.807) is 0 Å². The molecule has 0 radical (unpaired) electrons. The number of benzene rings is 1. The summed E-state index contributed by atoms with van der Waals surface area (Å²) in [5.74, 6) is 0.464. The van der Waals surface area contributed by atoms with Crippen LogP contribution < -0.4 is 5.46 Å². The van der Waals surface area contributed by atoms with Crippen LogP contribution in [0.25, 0.3) is 17.0 Å². The fourth-order valence-electron chi connectivity index (χ4n) is 3.19. The molecule has 1 aromatic heterocycles. The number of aliphatic hydroxyl groups is 1. The maximum absolute atomic E-state index is 9.74. The maximum atomic E-state index is 9.74. The van der Waals surface area contributed by atoms with Crippen molar-refractivity contribution in [2.75, 3.05) is 13.2 Å². The second kappa shape index (κ2) is 4.40. The first kappa shape index (κ1) is 12.1. The van der Waals surface area contributed by atoms with Gasteiger partial charge in [-0.05, 0) is 29.6 Å². The van der Waals surface area contributed by atoms with Gasteiger partial charge < -0.3 is 19.0 Å². The Morgan fingerprint density at radius 3 is 2.80 bits per heavy atom. The molecule has 1 fully saturated rings. The van der Waals surface area contributed by atoms with Gasteiger partial charge in [0.1, 0.15) is 0 Å². The molecular formula is C15H16BNO3. The van der Waals surface area contributed by atoms with Gasteiger partial charge in [-0.1, -0.05) is 12.1 Å². The van der Waals surface area contributed by atoms with E-state index in [9.17, 15) is 5.11 Å². The zero-order valence-electron chi connectivity index (χ0n) is 11.4. The number of fused-ring (bicyclic) bond motifs is 3. The van der Waals surface area contributed by atoms with Gasteiger partial charge in [-0.3, -0.25) is 0 Å². The van der Waals surface area contributed by atoms with E-state index in [-0.39, 0.29) is 7.12 Å². The van der Waals surface area contributed by atoms with Crippen LogP contribution in [0, 0.1) is 0 Å². The van der Waals surface area contributed by atoms with Gasteiger partial charge in [0.25, 0.3) is 0 Å². The highest BCUT2D eigenvalue weighted by atomic mass is 16.6. The van der Waals surface area contributed by atoms with Gasteiger partial charge in [-0.25, -0.2) is 0 Å². The quantitative estimate of drug-likeness (QED) is 0.802. The Bertz CT molecular complexity index is 713. The number of aromatic nitrogens is 1. The number of aryl methyl sites for hydroxylation is 2. The predicted molar refractivity (Wildman–Crippen MR) is 79.1 cm³/mol. The lowest BCUT2D eigenvalue weighted by atomic mass is 9.78. The van der Waals surface area contributed by atoms with Crippen molar-refractivity contribution in [3.63, 3.8) is 0 Å². The minimum atomic E-state index is -0.234. The second-order valence-electron chi connectivity index (χ2n) is 5.41. The van der Waals surface area contributed by atoms with Crippen LogP contribution in [-0.2, 0) is 22.8 Å². The molecule has 5 heteroatoms. The van der Waals surface area contributed by atoms with Gasteiger partial charge in [-0.15, -0.1) is 0 Å². The highest BCUT2D eigenvalue weighted by Crippen LogP contribution is 2.31. The van der Waals surface area contributed by atoms with E-state index in [1.807, 2.05) is 13.1 Å². The molecule has 2 aromatic rings. The fraction of sp³-hybridized carbons (Fsp3) is 0.333. The molecule has 102 valence electrons. The molecule has 1 aliphatic heterocycles. The van der Waals surface area contributed by atoms with Crippen LogP contribution in [0.1, 0.15) is 17.7 Å². The first-order valence-electron chi connectivity index (χ1n) is 6.98. The maximum Gasteiger partial charge on any atom is 0.494 e.